The highest BCUT2D eigenvalue weighted by Crippen LogP contribution is 2.07. The van der Waals surface area contributed by atoms with Crippen LogP contribution in [-0.4, -0.2) is 50.7 Å². The van der Waals surface area contributed by atoms with Gasteiger partial charge < -0.3 is 20.3 Å². The Bertz CT molecular complexity index is 481. The normalized spacial score (nSPS) is 16.2. The molecule has 0 amide bonds. The van der Waals surface area contributed by atoms with Gasteiger partial charge in [0, 0.05) is 33.3 Å². The Morgan fingerprint density at radius 3 is 2.46 bits per heavy atom. The van der Waals surface area contributed by atoms with E-state index >= 15 is 0 Å². The number of benzene rings is 1. The molecule has 5 heteroatoms. The van der Waals surface area contributed by atoms with E-state index in [1.54, 1.807) is 0 Å². The van der Waals surface area contributed by atoms with Crippen molar-refractivity contribution >= 4 is 5.96 Å². The molecule has 0 aromatic heterocycles. The molecule has 1 aliphatic heterocycles. The molecule has 134 valence electrons. The Morgan fingerprint density at radius 1 is 1.08 bits per heavy atom. The van der Waals surface area contributed by atoms with Crippen LogP contribution in [0.15, 0.2) is 29.3 Å². The van der Waals surface area contributed by atoms with E-state index in [1.165, 1.54) is 43.5 Å². The molecule has 0 bridgehead atoms. The Morgan fingerprint density at radius 2 is 1.79 bits per heavy atom. The fraction of sp³-hybridized carbons (Fsp3) is 0.632. The molecular weight excluding hydrogens is 300 g/mol. The molecule has 1 aliphatic rings. The zero-order valence-electron chi connectivity index (χ0n) is 15.2. The summed E-state index contributed by atoms with van der Waals surface area (Å²) in [7, 11) is 1.82. The number of nitrogens with zero attached hydrogens (tertiary/aromatic N) is 2. The van der Waals surface area contributed by atoms with Crippen LogP contribution in [0.5, 0.6) is 0 Å². The van der Waals surface area contributed by atoms with Gasteiger partial charge in [-0.3, -0.25) is 4.99 Å². The van der Waals surface area contributed by atoms with Crippen molar-refractivity contribution in [3.05, 3.63) is 35.4 Å². The molecule has 1 saturated heterocycles. The van der Waals surface area contributed by atoms with Crippen molar-refractivity contribution in [1.82, 2.24) is 15.5 Å². The summed E-state index contributed by atoms with van der Waals surface area (Å²) >= 11 is 0. The van der Waals surface area contributed by atoms with E-state index in [9.17, 15) is 0 Å². The number of hydrogen-bond acceptors (Lipinski definition) is 3. The molecule has 1 aromatic rings. The molecule has 0 radical (unpaired) electrons. The summed E-state index contributed by atoms with van der Waals surface area (Å²) in [5.41, 5.74) is 2.46. The van der Waals surface area contributed by atoms with Crippen LogP contribution in [0.4, 0.5) is 0 Å². The van der Waals surface area contributed by atoms with Gasteiger partial charge >= 0.3 is 0 Å². The average molecular weight is 332 g/mol. The van der Waals surface area contributed by atoms with E-state index in [1.807, 2.05) is 14.0 Å². The van der Waals surface area contributed by atoms with Gasteiger partial charge in [0.25, 0.3) is 0 Å². The SMILES string of the molecule is CCOCc1ccc(CNC(=NC)NCCN2CCCCC2)cc1. The summed E-state index contributed by atoms with van der Waals surface area (Å²) < 4.78 is 5.42. The molecule has 0 atom stereocenters. The number of guanidine groups is 1. The maximum Gasteiger partial charge on any atom is 0.191 e. The second-order valence-corrected chi connectivity index (χ2v) is 6.21. The van der Waals surface area contributed by atoms with E-state index in [-0.39, 0.29) is 0 Å². The van der Waals surface area contributed by atoms with Crippen LogP contribution in [0.2, 0.25) is 0 Å². The molecule has 1 heterocycles. The van der Waals surface area contributed by atoms with Crippen LogP contribution in [0, 0.1) is 0 Å². The molecule has 1 fully saturated rings. The molecule has 1 aromatic carbocycles. The maximum atomic E-state index is 5.42. The van der Waals surface area contributed by atoms with Crippen LogP contribution in [-0.2, 0) is 17.9 Å². The number of ether oxygens (including phenoxy) is 1. The summed E-state index contributed by atoms with van der Waals surface area (Å²) in [5.74, 6) is 0.866. The lowest BCUT2D eigenvalue weighted by atomic mass is 10.1. The summed E-state index contributed by atoms with van der Waals surface area (Å²) in [6.45, 7) is 8.73. The van der Waals surface area contributed by atoms with Crippen molar-refractivity contribution in [1.29, 1.82) is 0 Å². The van der Waals surface area contributed by atoms with Gasteiger partial charge in [0.2, 0.25) is 0 Å². The fourth-order valence-corrected chi connectivity index (χ4v) is 2.90. The van der Waals surface area contributed by atoms with Gasteiger partial charge in [0.1, 0.15) is 0 Å². The van der Waals surface area contributed by atoms with Crippen molar-refractivity contribution in [2.45, 2.75) is 39.3 Å². The van der Waals surface area contributed by atoms with E-state index < -0.39 is 0 Å². The first-order chi connectivity index (χ1) is 11.8. The number of rotatable bonds is 8. The number of piperidine rings is 1. The number of likely N-dealkylation sites (tertiary alicyclic amines) is 1. The Balaban J connectivity index is 1.67. The molecule has 0 spiro atoms. The Hall–Kier alpha value is -1.59. The van der Waals surface area contributed by atoms with Gasteiger partial charge in [-0.2, -0.15) is 0 Å². The van der Waals surface area contributed by atoms with Crippen LogP contribution in [0.3, 0.4) is 0 Å². The molecule has 2 N–H and O–H groups in total. The molecule has 0 aliphatic carbocycles. The van der Waals surface area contributed by atoms with Gasteiger partial charge in [-0.05, 0) is 44.0 Å². The number of hydrogen-bond donors (Lipinski definition) is 2. The molecular formula is C19H32N4O. The van der Waals surface area contributed by atoms with E-state index in [2.05, 4.69) is 44.8 Å². The predicted molar refractivity (Wildman–Crippen MR) is 100 cm³/mol. The third-order valence-corrected chi connectivity index (χ3v) is 4.35. The fourth-order valence-electron chi connectivity index (χ4n) is 2.90. The highest BCUT2D eigenvalue weighted by molar-refractivity contribution is 5.79. The third-order valence-electron chi connectivity index (χ3n) is 4.35. The zero-order valence-corrected chi connectivity index (χ0v) is 15.2. The van der Waals surface area contributed by atoms with Crippen molar-refractivity contribution < 1.29 is 4.74 Å². The minimum atomic E-state index is 0.684. The van der Waals surface area contributed by atoms with Crippen LogP contribution in [0.1, 0.15) is 37.3 Å². The Labute approximate surface area is 146 Å². The van der Waals surface area contributed by atoms with Crippen molar-refractivity contribution in [2.75, 3.05) is 39.8 Å². The summed E-state index contributed by atoms with van der Waals surface area (Å²) in [4.78, 5) is 6.83. The van der Waals surface area contributed by atoms with Gasteiger partial charge in [-0.25, -0.2) is 0 Å². The molecule has 2 rings (SSSR count). The van der Waals surface area contributed by atoms with Crippen LogP contribution in [0.25, 0.3) is 0 Å². The van der Waals surface area contributed by atoms with E-state index in [0.29, 0.717) is 6.61 Å². The monoisotopic (exact) mass is 332 g/mol. The highest BCUT2D eigenvalue weighted by Gasteiger charge is 2.09. The first kappa shape index (κ1) is 18.7. The second-order valence-electron chi connectivity index (χ2n) is 6.21. The van der Waals surface area contributed by atoms with Gasteiger partial charge in [0.05, 0.1) is 6.61 Å². The molecule has 0 saturated carbocycles. The smallest absolute Gasteiger partial charge is 0.191 e. The summed E-state index contributed by atoms with van der Waals surface area (Å²) in [6, 6.07) is 8.53. The summed E-state index contributed by atoms with van der Waals surface area (Å²) in [5, 5.41) is 6.78. The molecule has 24 heavy (non-hydrogen) atoms. The second kappa shape index (κ2) is 11.0. The lowest BCUT2D eigenvalue weighted by Gasteiger charge is -2.26. The van der Waals surface area contributed by atoms with Gasteiger partial charge in [0.15, 0.2) is 5.96 Å². The van der Waals surface area contributed by atoms with Crippen LogP contribution >= 0.6 is 0 Å². The first-order valence-corrected chi connectivity index (χ1v) is 9.14. The quantitative estimate of drug-likeness (QED) is 0.567. The first-order valence-electron chi connectivity index (χ1n) is 9.14. The van der Waals surface area contributed by atoms with Crippen molar-refractivity contribution in [2.24, 2.45) is 4.99 Å². The lowest BCUT2D eigenvalue weighted by molar-refractivity contribution is 0.134. The van der Waals surface area contributed by atoms with Crippen molar-refractivity contribution in [3.63, 3.8) is 0 Å². The Kier molecular flexibility index (Phi) is 8.63. The van der Waals surface area contributed by atoms with E-state index in [4.69, 9.17) is 4.74 Å². The van der Waals surface area contributed by atoms with Crippen LogP contribution < -0.4 is 10.6 Å². The predicted octanol–water partition coefficient (Wildman–Crippen LogP) is 2.37. The summed E-state index contributed by atoms with van der Waals surface area (Å²) in [6.07, 6.45) is 4.06. The number of aliphatic imine (C=N–C) groups is 1. The number of nitrogens with one attached hydrogen (secondary N) is 2. The lowest BCUT2D eigenvalue weighted by Crippen LogP contribution is -2.42. The zero-order chi connectivity index (χ0) is 17.0. The minimum absolute atomic E-state index is 0.684. The van der Waals surface area contributed by atoms with E-state index in [0.717, 1.165) is 32.2 Å². The average Bonchev–Trinajstić information content (AvgIpc) is 2.64. The van der Waals surface area contributed by atoms with Gasteiger partial charge in [-0.15, -0.1) is 0 Å². The van der Waals surface area contributed by atoms with Gasteiger partial charge in [-0.1, -0.05) is 30.7 Å². The van der Waals surface area contributed by atoms with Crippen molar-refractivity contribution in [3.8, 4) is 0 Å². The highest BCUT2D eigenvalue weighted by atomic mass is 16.5. The molecule has 5 nitrogen and oxygen atoms in total. The third kappa shape index (κ3) is 6.89. The standard InChI is InChI=1S/C19H32N4O/c1-3-24-16-18-9-7-17(8-10-18)15-22-19(20-2)21-11-14-23-12-5-4-6-13-23/h7-10H,3-6,11-16H2,1-2H3,(H2,20,21,22). The maximum absolute atomic E-state index is 5.42. The minimum Gasteiger partial charge on any atom is -0.377 e. The molecule has 0 unspecified atom stereocenters. The topological polar surface area (TPSA) is 48.9 Å². The largest absolute Gasteiger partial charge is 0.377 e.